The second-order valence-corrected chi connectivity index (χ2v) is 9.62. The molecule has 2 aromatic rings. The van der Waals surface area contributed by atoms with Crippen LogP contribution in [0.4, 0.5) is 4.39 Å². The Morgan fingerprint density at radius 1 is 1.00 bits per heavy atom. The van der Waals surface area contributed by atoms with Gasteiger partial charge in [-0.1, -0.05) is 42.5 Å². The number of halogens is 1. The molecule has 0 aromatic heterocycles. The zero-order chi connectivity index (χ0) is 23.5. The maximum Gasteiger partial charge on any atom is 0.236 e. The Labute approximate surface area is 200 Å². The summed E-state index contributed by atoms with van der Waals surface area (Å²) in [5, 5.41) is 10.2. The first-order valence-corrected chi connectivity index (χ1v) is 12.4. The fourth-order valence-electron chi connectivity index (χ4n) is 5.80. The summed E-state index contributed by atoms with van der Waals surface area (Å²) in [6, 6.07) is 15.1. The lowest BCUT2D eigenvalue weighted by molar-refractivity contribution is -0.138. The Kier molecular flexibility index (Phi) is 7.25. The van der Waals surface area contributed by atoms with Crippen LogP contribution < -0.4 is 0 Å². The minimum absolute atomic E-state index is 0.0543. The maximum atomic E-state index is 14.2. The molecule has 0 unspecified atom stereocenters. The average molecular weight is 468 g/mol. The topological polar surface area (TPSA) is 56.2 Å². The lowest BCUT2D eigenvalue weighted by Crippen LogP contribution is -2.68. The van der Waals surface area contributed by atoms with E-state index >= 15 is 0 Å². The van der Waals surface area contributed by atoms with Gasteiger partial charge in [0, 0.05) is 49.7 Å². The number of rotatable bonds is 5. The van der Waals surface area contributed by atoms with Gasteiger partial charge in [-0.05, 0) is 36.6 Å². The second-order valence-electron chi connectivity index (χ2n) is 9.62. The molecule has 0 aliphatic carbocycles. The van der Waals surface area contributed by atoms with Gasteiger partial charge in [-0.15, -0.1) is 0 Å². The van der Waals surface area contributed by atoms with Crippen LogP contribution in [0.2, 0.25) is 0 Å². The third kappa shape index (κ3) is 4.75. The molecule has 1 amide bonds. The van der Waals surface area contributed by atoms with Gasteiger partial charge in [-0.2, -0.15) is 0 Å². The summed E-state index contributed by atoms with van der Waals surface area (Å²) >= 11 is 0. The van der Waals surface area contributed by atoms with Crippen molar-refractivity contribution in [2.45, 2.75) is 30.8 Å². The van der Waals surface area contributed by atoms with Crippen molar-refractivity contribution in [2.24, 2.45) is 0 Å². The van der Waals surface area contributed by atoms with Crippen molar-refractivity contribution in [2.75, 3.05) is 59.1 Å². The molecule has 1 N–H and O–H groups in total. The SMILES string of the molecule is O=C(CN1CCOCC1)N1CCCCN2[C@H](CO)[C@@H](c3ccc(-c4ccccc4F)cc3)[C@@H]2C1. The molecule has 0 bridgehead atoms. The van der Waals surface area contributed by atoms with Gasteiger partial charge in [-0.3, -0.25) is 14.6 Å². The van der Waals surface area contributed by atoms with Crippen LogP contribution in [0.1, 0.15) is 24.3 Å². The first kappa shape index (κ1) is 23.4. The zero-order valence-electron chi connectivity index (χ0n) is 19.6. The van der Waals surface area contributed by atoms with Gasteiger partial charge in [0.2, 0.25) is 5.91 Å². The molecule has 5 rings (SSSR count). The van der Waals surface area contributed by atoms with E-state index in [1.165, 1.54) is 6.07 Å². The third-order valence-corrected chi connectivity index (χ3v) is 7.67. The Morgan fingerprint density at radius 2 is 1.74 bits per heavy atom. The largest absolute Gasteiger partial charge is 0.395 e. The van der Waals surface area contributed by atoms with Crippen LogP contribution in [-0.2, 0) is 9.53 Å². The van der Waals surface area contributed by atoms with E-state index in [-0.39, 0.29) is 36.3 Å². The number of aliphatic hydroxyl groups excluding tert-OH is 1. The van der Waals surface area contributed by atoms with E-state index in [0.717, 1.165) is 50.1 Å². The van der Waals surface area contributed by atoms with Crippen molar-refractivity contribution >= 4 is 5.91 Å². The van der Waals surface area contributed by atoms with E-state index in [1.807, 2.05) is 23.1 Å². The van der Waals surface area contributed by atoms with Crippen molar-refractivity contribution in [1.29, 1.82) is 0 Å². The molecule has 0 saturated carbocycles. The number of fused-ring (bicyclic) bond motifs is 1. The van der Waals surface area contributed by atoms with Crippen LogP contribution in [-0.4, -0.2) is 96.9 Å². The van der Waals surface area contributed by atoms with Crippen LogP contribution in [0.3, 0.4) is 0 Å². The number of hydrogen-bond donors (Lipinski definition) is 1. The number of ether oxygens (including phenoxy) is 1. The highest BCUT2D eigenvalue weighted by Gasteiger charge is 2.49. The van der Waals surface area contributed by atoms with Gasteiger partial charge in [0.15, 0.2) is 0 Å². The smallest absolute Gasteiger partial charge is 0.236 e. The predicted molar refractivity (Wildman–Crippen MR) is 129 cm³/mol. The van der Waals surface area contributed by atoms with Gasteiger partial charge in [-0.25, -0.2) is 4.39 Å². The summed E-state index contributed by atoms with van der Waals surface area (Å²) in [4.78, 5) is 19.8. The van der Waals surface area contributed by atoms with Crippen molar-refractivity contribution < 1.29 is 19.0 Å². The van der Waals surface area contributed by atoms with Crippen LogP contribution >= 0.6 is 0 Å². The minimum atomic E-state index is -0.229. The van der Waals surface area contributed by atoms with Gasteiger partial charge in [0.25, 0.3) is 0 Å². The third-order valence-electron chi connectivity index (χ3n) is 7.67. The Balaban J connectivity index is 1.33. The summed E-state index contributed by atoms with van der Waals surface area (Å²) in [7, 11) is 0. The number of amides is 1. The molecule has 34 heavy (non-hydrogen) atoms. The lowest BCUT2D eigenvalue weighted by Gasteiger charge is -2.57. The first-order chi connectivity index (χ1) is 16.7. The normalized spacial score (nSPS) is 26.3. The molecule has 7 heteroatoms. The number of benzene rings is 2. The number of carbonyl (C=O) groups is 1. The maximum absolute atomic E-state index is 14.2. The van der Waals surface area contributed by atoms with Crippen molar-refractivity contribution in [3.8, 4) is 11.1 Å². The van der Waals surface area contributed by atoms with E-state index in [4.69, 9.17) is 4.74 Å². The molecule has 3 aliphatic rings. The highest BCUT2D eigenvalue weighted by molar-refractivity contribution is 5.78. The molecule has 0 radical (unpaired) electrons. The Bertz CT molecular complexity index is 979. The number of morpholine rings is 1. The van der Waals surface area contributed by atoms with E-state index in [0.29, 0.717) is 31.9 Å². The zero-order valence-corrected chi connectivity index (χ0v) is 19.6. The van der Waals surface area contributed by atoms with Gasteiger partial charge in [0.1, 0.15) is 5.82 Å². The van der Waals surface area contributed by atoms with Crippen molar-refractivity contribution in [1.82, 2.24) is 14.7 Å². The van der Waals surface area contributed by atoms with E-state index in [9.17, 15) is 14.3 Å². The molecule has 6 nitrogen and oxygen atoms in total. The van der Waals surface area contributed by atoms with Crippen LogP contribution in [0.25, 0.3) is 11.1 Å². The van der Waals surface area contributed by atoms with Crippen molar-refractivity contribution in [3.05, 3.63) is 59.9 Å². The summed E-state index contributed by atoms with van der Waals surface area (Å²) < 4.78 is 19.6. The first-order valence-electron chi connectivity index (χ1n) is 12.4. The second kappa shape index (κ2) is 10.5. The van der Waals surface area contributed by atoms with Crippen molar-refractivity contribution in [3.63, 3.8) is 0 Å². The fraction of sp³-hybridized carbons (Fsp3) is 0.519. The number of carbonyl (C=O) groups excluding carboxylic acids is 1. The molecular formula is C27H34FN3O3. The summed E-state index contributed by atoms with van der Waals surface area (Å²) in [6.45, 7) is 5.94. The van der Waals surface area contributed by atoms with E-state index < -0.39 is 0 Å². The van der Waals surface area contributed by atoms with Crippen LogP contribution in [0.5, 0.6) is 0 Å². The molecule has 2 aromatic carbocycles. The fourth-order valence-corrected chi connectivity index (χ4v) is 5.80. The van der Waals surface area contributed by atoms with Gasteiger partial charge < -0.3 is 14.7 Å². The molecular weight excluding hydrogens is 433 g/mol. The summed E-state index contributed by atoms with van der Waals surface area (Å²) in [5.41, 5.74) is 2.58. The number of hydrogen-bond acceptors (Lipinski definition) is 5. The van der Waals surface area contributed by atoms with E-state index in [1.54, 1.807) is 12.1 Å². The molecule has 3 aliphatic heterocycles. The van der Waals surface area contributed by atoms with Gasteiger partial charge in [0.05, 0.1) is 26.4 Å². The predicted octanol–water partition coefficient (Wildman–Crippen LogP) is 2.58. The quantitative estimate of drug-likeness (QED) is 0.733. The minimum Gasteiger partial charge on any atom is -0.395 e. The highest BCUT2D eigenvalue weighted by Crippen LogP contribution is 2.42. The Hall–Kier alpha value is -2.32. The number of aliphatic hydroxyl groups is 1. The molecule has 3 atom stereocenters. The molecule has 0 spiro atoms. The highest BCUT2D eigenvalue weighted by atomic mass is 19.1. The van der Waals surface area contributed by atoms with E-state index in [2.05, 4.69) is 21.9 Å². The lowest BCUT2D eigenvalue weighted by atomic mass is 9.74. The Morgan fingerprint density at radius 3 is 2.47 bits per heavy atom. The average Bonchev–Trinajstić information content (AvgIpc) is 2.84. The monoisotopic (exact) mass is 467 g/mol. The summed E-state index contributed by atoms with van der Waals surface area (Å²) in [5.74, 6) is 0.106. The molecule has 3 heterocycles. The molecule has 182 valence electrons. The summed E-state index contributed by atoms with van der Waals surface area (Å²) in [6.07, 6.45) is 2.01. The van der Waals surface area contributed by atoms with Crippen LogP contribution in [0, 0.1) is 5.82 Å². The van der Waals surface area contributed by atoms with Gasteiger partial charge >= 0.3 is 0 Å². The number of nitrogens with zero attached hydrogens (tertiary/aromatic N) is 3. The van der Waals surface area contributed by atoms with Crippen LogP contribution in [0.15, 0.2) is 48.5 Å². The molecule has 3 saturated heterocycles. The molecule has 3 fully saturated rings. The standard InChI is InChI=1S/C27H34FN3O3/c28-23-6-2-1-5-22(23)20-7-9-21(10-8-20)27-24-17-30(11-3-4-12-31(24)25(27)19-32)26(33)18-29-13-15-34-16-14-29/h1-2,5-10,24-25,27,32H,3-4,11-19H2/t24-,25+,27-/m0/s1.